The molecule has 0 bridgehead atoms. The molecule has 0 amide bonds. The molecule has 1 atom stereocenters. The van der Waals surface area contributed by atoms with E-state index in [1.165, 1.54) is 12.8 Å². The smallest absolute Gasteiger partial charge is 0.171 e. The Bertz CT molecular complexity index is 316. The number of halogens is 1. The fraction of sp³-hybridized carbons (Fsp3) is 0.600. The maximum absolute atomic E-state index is 6.01. The van der Waals surface area contributed by atoms with Crippen molar-refractivity contribution in [3.8, 4) is 0 Å². The van der Waals surface area contributed by atoms with Crippen LogP contribution in [0.3, 0.4) is 0 Å². The Balaban J connectivity index is 2.26. The van der Waals surface area contributed by atoms with Crippen molar-refractivity contribution < 1.29 is 0 Å². The van der Waals surface area contributed by atoms with E-state index in [1.807, 2.05) is 0 Å². The fourth-order valence-corrected chi connectivity index (χ4v) is 2.26. The van der Waals surface area contributed by atoms with E-state index in [2.05, 4.69) is 21.8 Å². The summed E-state index contributed by atoms with van der Waals surface area (Å²) >= 11 is 6.01. The minimum Gasteiger partial charge on any atom is -0.351 e. The first-order valence-electron chi connectivity index (χ1n) is 5.06. The maximum Gasteiger partial charge on any atom is 0.171 e. The van der Waals surface area contributed by atoms with Crippen LogP contribution in [0.5, 0.6) is 0 Å². The van der Waals surface area contributed by atoms with Gasteiger partial charge in [-0.05, 0) is 19.3 Å². The second-order valence-electron chi connectivity index (χ2n) is 3.57. The van der Waals surface area contributed by atoms with Crippen molar-refractivity contribution in [3.05, 3.63) is 17.5 Å². The summed E-state index contributed by atoms with van der Waals surface area (Å²) in [5, 5.41) is 0.521. The van der Waals surface area contributed by atoms with Gasteiger partial charge in [-0.2, -0.15) is 0 Å². The van der Waals surface area contributed by atoms with Crippen molar-refractivity contribution in [2.45, 2.75) is 32.2 Å². The van der Waals surface area contributed by atoms with E-state index in [1.54, 1.807) is 12.4 Å². The van der Waals surface area contributed by atoms with Crippen molar-refractivity contribution >= 4 is 17.4 Å². The summed E-state index contributed by atoms with van der Waals surface area (Å²) in [4.78, 5) is 10.6. The first-order chi connectivity index (χ1) is 6.83. The van der Waals surface area contributed by atoms with Gasteiger partial charge in [0.05, 0.1) is 0 Å². The summed E-state index contributed by atoms with van der Waals surface area (Å²) in [6.45, 7) is 3.25. The molecule has 0 radical (unpaired) electrons. The Hall–Kier alpha value is -0.830. The van der Waals surface area contributed by atoms with Gasteiger partial charge in [-0.1, -0.05) is 18.5 Å². The summed E-state index contributed by atoms with van der Waals surface area (Å²) in [6.07, 6.45) is 6.94. The predicted molar refractivity (Wildman–Crippen MR) is 57.7 cm³/mol. The molecule has 14 heavy (non-hydrogen) atoms. The first-order valence-corrected chi connectivity index (χ1v) is 5.44. The average Bonchev–Trinajstić information content (AvgIpc) is 2.66. The highest BCUT2D eigenvalue weighted by atomic mass is 35.5. The van der Waals surface area contributed by atoms with E-state index in [4.69, 9.17) is 11.6 Å². The lowest BCUT2D eigenvalue weighted by atomic mass is 10.2. The van der Waals surface area contributed by atoms with Gasteiger partial charge in [0.25, 0.3) is 0 Å². The van der Waals surface area contributed by atoms with Gasteiger partial charge in [0.1, 0.15) is 0 Å². The van der Waals surface area contributed by atoms with Crippen LogP contribution in [-0.2, 0) is 0 Å². The molecule has 0 saturated carbocycles. The zero-order valence-corrected chi connectivity index (χ0v) is 9.04. The number of rotatable bonds is 2. The van der Waals surface area contributed by atoms with Crippen LogP contribution in [-0.4, -0.2) is 22.6 Å². The maximum atomic E-state index is 6.01. The predicted octanol–water partition coefficient (Wildman–Crippen LogP) is 2.51. The van der Waals surface area contributed by atoms with Crippen molar-refractivity contribution in [1.82, 2.24) is 9.97 Å². The number of nitrogens with zero attached hydrogens (tertiary/aromatic N) is 3. The lowest BCUT2D eigenvalue weighted by molar-refractivity contribution is 0.639. The monoisotopic (exact) mass is 211 g/mol. The van der Waals surface area contributed by atoms with Crippen molar-refractivity contribution in [2.75, 3.05) is 11.4 Å². The normalized spacial score (nSPS) is 21.6. The molecule has 2 rings (SSSR count). The molecule has 0 N–H and O–H groups in total. The minimum atomic E-state index is 0.521. The molecule has 1 unspecified atom stereocenters. The van der Waals surface area contributed by atoms with Gasteiger partial charge in [-0.3, -0.25) is 0 Å². The second-order valence-corrected chi connectivity index (χ2v) is 3.93. The zero-order chi connectivity index (χ0) is 9.97. The SMILES string of the molecule is CCC1CCCN1c1nccnc1Cl. The molecule has 1 fully saturated rings. The molecule has 0 spiro atoms. The summed E-state index contributed by atoms with van der Waals surface area (Å²) in [5.74, 6) is 0.846. The highest BCUT2D eigenvalue weighted by Crippen LogP contribution is 2.29. The summed E-state index contributed by atoms with van der Waals surface area (Å²) in [6, 6.07) is 0.587. The Morgan fingerprint density at radius 3 is 3.00 bits per heavy atom. The van der Waals surface area contributed by atoms with E-state index in [-0.39, 0.29) is 0 Å². The Labute approximate surface area is 89.1 Å². The topological polar surface area (TPSA) is 29.0 Å². The number of anilines is 1. The molecule has 76 valence electrons. The van der Waals surface area contributed by atoms with E-state index >= 15 is 0 Å². The lowest BCUT2D eigenvalue weighted by Crippen LogP contribution is -2.29. The van der Waals surface area contributed by atoms with Crippen LogP contribution in [0.15, 0.2) is 12.4 Å². The van der Waals surface area contributed by atoms with Gasteiger partial charge in [0.2, 0.25) is 0 Å². The van der Waals surface area contributed by atoms with E-state index in [0.717, 1.165) is 18.8 Å². The molecule has 1 aromatic heterocycles. The quantitative estimate of drug-likeness (QED) is 0.753. The molecule has 4 heteroatoms. The lowest BCUT2D eigenvalue weighted by Gasteiger charge is -2.24. The molecular formula is C10H14ClN3. The van der Waals surface area contributed by atoms with Crippen molar-refractivity contribution in [1.29, 1.82) is 0 Å². The van der Waals surface area contributed by atoms with Gasteiger partial charge in [0.15, 0.2) is 11.0 Å². The van der Waals surface area contributed by atoms with Gasteiger partial charge in [-0.25, -0.2) is 9.97 Å². The van der Waals surface area contributed by atoms with Gasteiger partial charge < -0.3 is 4.90 Å². The van der Waals surface area contributed by atoms with E-state index < -0.39 is 0 Å². The van der Waals surface area contributed by atoms with E-state index in [9.17, 15) is 0 Å². The molecule has 0 aromatic carbocycles. The molecule has 0 aliphatic carbocycles. The third-order valence-electron chi connectivity index (χ3n) is 2.76. The Morgan fingerprint density at radius 2 is 2.29 bits per heavy atom. The Kier molecular flexibility index (Phi) is 2.87. The van der Waals surface area contributed by atoms with Gasteiger partial charge in [-0.15, -0.1) is 0 Å². The summed E-state index contributed by atoms with van der Waals surface area (Å²) in [5.41, 5.74) is 0. The molecule has 2 heterocycles. The van der Waals surface area contributed by atoms with Gasteiger partial charge >= 0.3 is 0 Å². The summed E-state index contributed by atoms with van der Waals surface area (Å²) in [7, 11) is 0. The second kappa shape index (κ2) is 4.13. The van der Waals surface area contributed by atoms with Gasteiger partial charge in [0, 0.05) is 25.0 Å². The largest absolute Gasteiger partial charge is 0.351 e. The molecule has 1 aliphatic heterocycles. The standard InChI is InChI=1S/C10H14ClN3/c1-2-8-4-3-7-14(8)10-9(11)12-5-6-13-10/h5-6,8H,2-4,7H2,1H3. The van der Waals surface area contributed by atoms with Crippen LogP contribution in [0.4, 0.5) is 5.82 Å². The highest BCUT2D eigenvalue weighted by molar-refractivity contribution is 6.31. The molecule has 1 saturated heterocycles. The zero-order valence-electron chi connectivity index (χ0n) is 8.28. The van der Waals surface area contributed by atoms with Crippen LogP contribution in [0.2, 0.25) is 5.15 Å². The van der Waals surface area contributed by atoms with E-state index in [0.29, 0.717) is 11.2 Å². The third kappa shape index (κ3) is 1.69. The number of hydrogen-bond acceptors (Lipinski definition) is 3. The van der Waals surface area contributed by atoms with Crippen LogP contribution < -0.4 is 4.90 Å². The van der Waals surface area contributed by atoms with Crippen molar-refractivity contribution in [3.63, 3.8) is 0 Å². The number of aromatic nitrogens is 2. The molecular weight excluding hydrogens is 198 g/mol. The molecule has 1 aliphatic rings. The minimum absolute atomic E-state index is 0.521. The van der Waals surface area contributed by atoms with Crippen molar-refractivity contribution in [2.24, 2.45) is 0 Å². The Morgan fingerprint density at radius 1 is 1.50 bits per heavy atom. The van der Waals surface area contributed by atoms with Crippen LogP contribution in [0.1, 0.15) is 26.2 Å². The fourth-order valence-electron chi connectivity index (χ4n) is 2.05. The van der Waals surface area contributed by atoms with Crippen LogP contribution in [0, 0.1) is 0 Å². The highest BCUT2D eigenvalue weighted by Gasteiger charge is 2.25. The van der Waals surface area contributed by atoms with Crippen LogP contribution in [0.25, 0.3) is 0 Å². The first kappa shape index (κ1) is 9.71. The molecule has 3 nitrogen and oxygen atoms in total. The third-order valence-corrected chi connectivity index (χ3v) is 3.02. The summed E-state index contributed by atoms with van der Waals surface area (Å²) < 4.78 is 0. The van der Waals surface area contributed by atoms with Crippen LogP contribution >= 0.6 is 11.6 Å². The number of hydrogen-bond donors (Lipinski definition) is 0. The molecule has 1 aromatic rings. The average molecular weight is 212 g/mol.